The van der Waals surface area contributed by atoms with Crippen molar-refractivity contribution in [1.29, 1.82) is 0 Å². The molecule has 0 aliphatic carbocycles. The van der Waals surface area contributed by atoms with E-state index in [2.05, 4.69) is 85.0 Å². The summed E-state index contributed by atoms with van der Waals surface area (Å²) in [6, 6.07) is 13.4. The monoisotopic (exact) mass is 445 g/mol. The summed E-state index contributed by atoms with van der Waals surface area (Å²) in [5, 5.41) is 5.09. The normalized spacial score (nSPS) is 12.8. The summed E-state index contributed by atoms with van der Waals surface area (Å²) in [7, 11) is 2.09. The Morgan fingerprint density at radius 1 is 1.03 bits per heavy atom. The number of fused-ring (bicyclic) bond motifs is 5. The van der Waals surface area contributed by atoms with E-state index in [0.717, 1.165) is 22.0 Å². The van der Waals surface area contributed by atoms with Crippen LogP contribution in [0.5, 0.6) is 0 Å². The van der Waals surface area contributed by atoms with E-state index < -0.39 is 5.54 Å². The molecule has 168 valence electrons. The summed E-state index contributed by atoms with van der Waals surface area (Å²) in [4.78, 5) is 8.78. The standard InChI is InChI=1S/C30H29N4/c1-16(2)20-10-9-11-23-26(20)21-12-17(3)18(4)25-28(21)34(23)24-14-19(30(5,6)31-7)13-22-27(24)29(25)33(8)15-32-22/h9-16H,1-6,8H3/q+1. The highest BCUT2D eigenvalue weighted by Gasteiger charge is 2.31. The molecular weight excluding hydrogens is 416 g/mol. The van der Waals surface area contributed by atoms with Gasteiger partial charge in [-0.15, -0.1) is 0 Å². The summed E-state index contributed by atoms with van der Waals surface area (Å²) in [5.41, 5.74) is 10.1. The quantitative estimate of drug-likeness (QED) is 0.121. The molecule has 0 saturated heterocycles. The lowest BCUT2D eigenvalue weighted by atomic mass is 9.91. The molecule has 0 unspecified atom stereocenters. The molecule has 4 heteroatoms. The van der Waals surface area contributed by atoms with Crippen molar-refractivity contribution in [3.8, 4) is 0 Å². The molecule has 6 rings (SSSR count). The van der Waals surface area contributed by atoms with Gasteiger partial charge in [-0.25, -0.2) is 11.1 Å². The molecule has 3 heterocycles. The van der Waals surface area contributed by atoms with Crippen LogP contribution in [-0.4, -0.2) is 9.38 Å². The first kappa shape index (κ1) is 20.9. The van der Waals surface area contributed by atoms with E-state index in [1.165, 1.54) is 49.4 Å². The van der Waals surface area contributed by atoms with Crippen LogP contribution in [0.4, 0.5) is 0 Å². The van der Waals surface area contributed by atoms with Crippen molar-refractivity contribution in [2.75, 3.05) is 0 Å². The average Bonchev–Trinajstić information content (AvgIpc) is 3.14. The lowest BCUT2D eigenvalue weighted by molar-refractivity contribution is -0.646. The van der Waals surface area contributed by atoms with Gasteiger partial charge in [0.15, 0.2) is 5.52 Å². The van der Waals surface area contributed by atoms with E-state index in [0.29, 0.717) is 5.92 Å². The van der Waals surface area contributed by atoms with Gasteiger partial charge >= 0.3 is 0 Å². The molecule has 0 atom stereocenters. The molecule has 34 heavy (non-hydrogen) atoms. The molecule has 3 aromatic heterocycles. The summed E-state index contributed by atoms with van der Waals surface area (Å²) in [5.74, 6) is 0.418. The number of nitrogens with zero attached hydrogens (tertiary/aromatic N) is 4. The fourth-order valence-corrected chi connectivity index (χ4v) is 5.74. The zero-order valence-corrected chi connectivity index (χ0v) is 20.9. The van der Waals surface area contributed by atoms with E-state index >= 15 is 0 Å². The lowest BCUT2D eigenvalue weighted by Crippen LogP contribution is -2.30. The number of rotatable bonds is 2. The molecule has 6 aromatic rings. The number of pyridine rings is 1. The van der Waals surface area contributed by atoms with Crippen molar-refractivity contribution < 1.29 is 4.57 Å². The minimum atomic E-state index is -0.626. The molecule has 0 N–H and O–H groups in total. The number of aryl methyl sites for hydroxylation is 3. The second-order valence-corrected chi connectivity index (χ2v) is 10.6. The van der Waals surface area contributed by atoms with Gasteiger partial charge in [-0.3, -0.25) is 0 Å². The Bertz CT molecular complexity index is 1840. The van der Waals surface area contributed by atoms with Crippen LogP contribution in [-0.2, 0) is 12.6 Å². The van der Waals surface area contributed by atoms with Crippen LogP contribution in [0.25, 0.3) is 54.0 Å². The first-order chi connectivity index (χ1) is 16.2. The summed E-state index contributed by atoms with van der Waals surface area (Å²) >= 11 is 0. The zero-order chi connectivity index (χ0) is 24.1. The molecule has 0 bridgehead atoms. The van der Waals surface area contributed by atoms with Crippen LogP contribution in [0.2, 0.25) is 0 Å². The van der Waals surface area contributed by atoms with Gasteiger partial charge in [0, 0.05) is 36.2 Å². The number of hydrogen-bond donors (Lipinski definition) is 0. The van der Waals surface area contributed by atoms with Gasteiger partial charge < -0.3 is 9.25 Å². The van der Waals surface area contributed by atoms with Gasteiger partial charge in [0.1, 0.15) is 5.52 Å². The molecule has 0 spiro atoms. The summed E-state index contributed by atoms with van der Waals surface area (Å²) in [6.45, 7) is 20.8. The lowest BCUT2D eigenvalue weighted by Gasteiger charge is -2.17. The van der Waals surface area contributed by atoms with Gasteiger partial charge in [-0.1, -0.05) is 26.0 Å². The second kappa shape index (κ2) is 6.67. The fourth-order valence-electron chi connectivity index (χ4n) is 5.74. The van der Waals surface area contributed by atoms with Crippen LogP contribution < -0.4 is 4.57 Å². The Kier molecular flexibility index (Phi) is 4.09. The third-order valence-corrected chi connectivity index (χ3v) is 7.77. The van der Waals surface area contributed by atoms with Crippen LogP contribution in [0, 0.1) is 20.4 Å². The minimum absolute atomic E-state index is 0.418. The first-order valence-electron chi connectivity index (χ1n) is 11.9. The fraction of sp³-hybridized carbons (Fsp3) is 0.300. The molecule has 4 nitrogen and oxygen atoms in total. The van der Waals surface area contributed by atoms with E-state index in [1.807, 2.05) is 20.2 Å². The highest BCUT2D eigenvalue weighted by Crippen LogP contribution is 2.44. The topological polar surface area (TPSA) is 25.5 Å². The van der Waals surface area contributed by atoms with Gasteiger partial charge in [-0.05, 0) is 59.6 Å². The Morgan fingerprint density at radius 2 is 1.79 bits per heavy atom. The van der Waals surface area contributed by atoms with E-state index in [4.69, 9.17) is 11.6 Å². The molecule has 3 aromatic carbocycles. The van der Waals surface area contributed by atoms with Crippen molar-refractivity contribution in [3.63, 3.8) is 0 Å². The van der Waals surface area contributed by atoms with Crippen molar-refractivity contribution >= 4 is 49.1 Å². The molecule has 0 aliphatic heterocycles. The molecule has 0 radical (unpaired) electrons. The smallest absolute Gasteiger partial charge is 0.287 e. The predicted octanol–water partition coefficient (Wildman–Crippen LogP) is 7.10. The molecule has 0 amide bonds. The third-order valence-electron chi connectivity index (χ3n) is 7.77. The maximum absolute atomic E-state index is 7.82. The maximum atomic E-state index is 7.82. The summed E-state index contributed by atoms with van der Waals surface area (Å²) < 4.78 is 4.61. The SMILES string of the molecule is [C-]#[N+]C(C)(C)c1cc2nc[n+](C)c3c4c(C)c(C)cc5c6c(C(C)C)cccc6n(c(c1)c23)c54. The van der Waals surface area contributed by atoms with Gasteiger partial charge in [-0.2, -0.15) is 0 Å². The number of hydrogen-bond acceptors (Lipinski definition) is 1. The van der Waals surface area contributed by atoms with Crippen molar-refractivity contribution in [2.45, 2.75) is 53.0 Å². The predicted molar refractivity (Wildman–Crippen MR) is 141 cm³/mol. The number of aromatic nitrogens is 3. The molecule has 0 aliphatic rings. The Balaban J connectivity index is 2.05. The van der Waals surface area contributed by atoms with Crippen LogP contribution in [0.1, 0.15) is 55.9 Å². The summed E-state index contributed by atoms with van der Waals surface area (Å²) in [6.07, 6.45) is 1.92. The van der Waals surface area contributed by atoms with Crippen LogP contribution in [0.15, 0.2) is 42.7 Å². The van der Waals surface area contributed by atoms with Crippen molar-refractivity contribution in [2.24, 2.45) is 7.05 Å². The Morgan fingerprint density at radius 3 is 2.50 bits per heavy atom. The molecule has 0 fully saturated rings. The Labute approximate surface area is 199 Å². The highest BCUT2D eigenvalue weighted by molar-refractivity contribution is 6.26. The second-order valence-electron chi connectivity index (χ2n) is 10.6. The van der Waals surface area contributed by atoms with E-state index in [1.54, 1.807) is 0 Å². The van der Waals surface area contributed by atoms with Gasteiger partial charge in [0.25, 0.3) is 11.9 Å². The van der Waals surface area contributed by atoms with Gasteiger partial charge in [0.2, 0.25) is 0 Å². The van der Waals surface area contributed by atoms with Crippen molar-refractivity contribution in [3.05, 3.63) is 76.4 Å². The Hall–Kier alpha value is -3.71. The van der Waals surface area contributed by atoms with Gasteiger partial charge in [0.05, 0.1) is 34.4 Å². The van der Waals surface area contributed by atoms with Crippen molar-refractivity contribution in [1.82, 2.24) is 9.38 Å². The minimum Gasteiger partial charge on any atom is -0.308 e. The van der Waals surface area contributed by atoms with Crippen LogP contribution >= 0.6 is 0 Å². The van der Waals surface area contributed by atoms with Crippen LogP contribution in [0.3, 0.4) is 0 Å². The largest absolute Gasteiger partial charge is 0.308 e. The highest BCUT2D eigenvalue weighted by atomic mass is 15.0. The molecule has 0 saturated carbocycles. The van der Waals surface area contributed by atoms with E-state index in [9.17, 15) is 0 Å². The maximum Gasteiger partial charge on any atom is 0.287 e. The zero-order valence-electron chi connectivity index (χ0n) is 20.9. The van der Waals surface area contributed by atoms with E-state index in [-0.39, 0.29) is 0 Å². The average molecular weight is 446 g/mol. The number of benzene rings is 3. The third kappa shape index (κ3) is 2.47. The first-order valence-corrected chi connectivity index (χ1v) is 11.9. The molecular formula is C30H29N4+.